The van der Waals surface area contributed by atoms with E-state index < -0.39 is 0 Å². The topological polar surface area (TPSA) is 78.7 Å². The van der Waals surface area contributed by atoms with Gasteiger partial charge >= 0.3 is 6.03 Å². The van der Waals surface area contributed by atoms with Crippen molar-refractivity contribution in [2.75, 3.05) is 32.7 Å². The zero-order chi connectivity index (χ0) is 18.9. The van der Waals surface area contributed by atoms with Crippen molar-refractivity contribution >= 4 is 23.0 Å². The van der Waals surface area contributed by atoms with E-state index in [1.807, 2.05) is 0 Å². The number of benzene rings is 1. The second-order valence-electron chi connectivity index (χ2n) is 7.91. The monoisotopic (exact) mass is 358 g/mol. The van der Waals surface area contributed by atoms with Crippen molar-refractivity contribution in [3.05, 3.63) is 29.7 Å². The summed E-state index contributed by atoms with van der Waals surface area (Å²) in [6, 6.07) is 5.25. The number of urea groups is 1. The third kappa shape index (κ3) is 4.15. The SMILES string of the molecule is Cc1nc2ccc(C(=O)N3CCN(C(=O)NCC(C)(C)C)CC3)cc2o1. The fourth-order valence-corrected chi connectivity index (χ4v) is 2.92. The van der Waals surface area contributed by atoms with Crippen molar-refractivity contribution in [2.45, 2.75) is 27.7 Å². The fraction of sp³-hybridized carbons (Fsp3) is 0.526. The van der Waals surface area contributed by atoms with Gasteiger partial charge in [-0.2, -0.15) is 0 Å². The Morgan fingerprint density at radius 2 is 1.81 bits per heavy atom. The second kappa shape index (κ2) is 6.97. The molecule has 0 aliphatic carbocycles. The van der Waals surface area contributed by atoms with E-state index in [1.54, 1.807) is 34.9 Å². The lowest BCUT2D eigenvalue weighted by Crippen LogP contribution is -2.53. The molecule has 26 heavy (non-hydrogen) atoms. The molecule has 1 N–H and O–H groups in total. The van der Waals surface area contributed by atoms with Gasteiger partial charge in [0.05, 0.1) is 0 Å². The number of hydrogen-bond acceptors (Lipinski definition) is 4. The van der Waals surface area contributed by atoms with Crippen LogP contribution >= 0.6 is 0 Å². The molecule has 7 nitrogen and oxygen atoms in total. The summed E-state index contributed by atoms with van der Waals surface area (Å²) >= 11 is 0. The zero-order valence-electron chi connectivity index (χ0n) is 15.8. The number of hydrogen-bond donors (Lipinski definition) is 1. The van der Waals surface area contributed by atoms with Gasteiger partial charge in [0.1, 0.15) is 5.52 Å². The number of aromatic nitrogens is 1. The number of piperazine rings is 1. The van der Waals surface area contributed by atoms with Gasteiger partial charge in [-0.1, -0.05) is 20.8 Å². The highest BCUT2D eigenvalue weighted by Crippen LogP contribution is 2.18. The molecule has 3 amide bonds. The summed E-state index contributed by atoms with van der Waals surface area (Å²) in [5.74, 6) is 0.537. The van der Waals surface area contributed by atoms with Crippen LogP contribution in [-0.2, 0) is 0 Å². The van der Waals surface area contributed by atoms with Crippen LogP contribution < -0.4 is 5.32 Å². The second-order valence-corrected chi connectivity index (χ2v) is 7.91. The molecule has 2 heterocycles. The molecule has 0 atom stereocenters. The Kier molecular flexibility index (Phi) is 4.89. The third-order valence-electron chi connectivity index (χ3n) is 4.37. The Hall–Kier alpha value is -2.57. The van der Waals surface area contributed by atoms with Gasteiger partial charge in [-0.3, -0.25) is 4.79 Å². The van der Waals surface area contributed by atoms with E-state index in [0.29, 0.717) is 49.8 Å². The average Bonchev–Trinajstić information content (AvgIpc) is 2.97. The van der Waals surface area contributed by atoms with Gasteiger partial charge in [0, 0.05) is 45.2 Å². The van der Waals surface area contributed by atoms with Gasteiger partial charge in [0.25, 0.3) is 5.91 Å². The largest absolute Gasteiger partial charge is 0.441 e. The van der Waals surface area contributed by atoms with Crippen LogP contribution in [0, 0.1) is 12.3 Å². The summed E-state index contributed by atoms with van der Waals surface area (Å²) in [5.41, 5.74) is 2.00. The molecule has 1 aromatic heterocycles. The molecule has 7 heteroatoms. The van der Waals surface area contributed by atoms with Crippen molar-refractivity contribution in [3.63, 3.8) is 0 Å². The van der Waals surface area contributed by atoms with Crippen LogP contribution in [0.15, 0.2) is 22.6 Å². The van der Waals surface area contributed by atoms with Gasteiger partial charge in [-0.15, -0.1) is 0 Å². The molecule has 1 aromatic carbocycles. The molecular formula is C19H26N4O3. The van der Waals surface area contributed by atoms with E-state index in [4.69, 9.17) is 4.42 Å². The number of carbonyl (C=O) groups excluding carboxylic acids is 2. The average molecular weight is 358 g/mol. The van der Waals surface area contributed by atoms with Crippen LogP contribution in [-0.4, -0.2) is 59.4 Å². The summed E-state index contributed by atoms with van der Waals surface area (Å²) in [7, 11) is 0. The van der Waals surface area contributed by atoms with E-state index >= 15 is 0 Å². The van der Waals surface area contributed by atoms with Gasteiger partial charge in [-0.05, 0) is 23.6 Å². The lowest BCUT2D eigenvalue weighted by Gasteiger charge is -2.35. The van der Waals surface area contributed by atoms with Crippen LogP contribution in [0.1, 0.15) is 37.0 Å². The smallest absolute Gasteiger partial charge is 0.317 e. The van der Waals surface area contributed by atoms with E-state index in [-0.39, 0.29) is 17.4 Å². The highest BCUT2D eigenvalue weighted by molar-refractivity contribution is 5.97. The van der Waals surface area contributed by atoms with Crippen molar-refractivity contribution < 1.29 is 14.0 Å². The van der Waals surface area contributed by atoms with Gasteiger partial charge in [0.2, 0.25) is 0 Å². The molecule has 0 unspecified atom stereocenters. The number of nitrogens with zero attached hydrogens (tertiary/aromatic N) is 3. The maximum Gasteiger partial charge on any atom is 0.317 e. The molecule has 1 aliphatic rings. The number of carbonyl (C=O) groups is 2. The minimum absolute atomic E-state index is 0.0456. The first-order valence-electron chi connectivity index (χ1n) is 8.92. The first kappa shape index (κ1) is 18.2. The molecule has 1 fully saturated rings. The summed E-state index contributed by atoms with van der Waals surface area (Å²) < 4.78 is 5.51. The molecule has 0 radical (unpaired) electrons. The Labute approximate surface area is 153 Å². The van der Waals surface area contributed by atoms with Gasteiger partial charge in [0.15, 0.2) is 11.5 Å². The first-order valence-corrected chi connectivity index (χ1v) is 8.92. The minimum Gasteiger partial charge on any atom is -0.441 e. The Morgan fingerprint density at radius 3 is 2.46 bits per heavy atom. The van der Waals surface area contributed by atoms with Crippen molar-refractivity contribution in [2.24, 2.45) is 5.41 Å². The highest BCUT2D eigenvalue weighted by Gasteiger charge is 2.25. The van der Waals surface area contributed by atoms with E-state index in [9.17, 15) is 9.59 Å². The summed E-state index contributed by atoms with van der Waals surface area (Å²) in [6.45, 7) is 10.8. The molecule has 140 valence electrons. The van der Waals surface area contributed by atoms with Crippen LogP contribution in [0.3, 0.4) is 0 Å². The predicted octanol–water partition coefficient (Wildman–Crippen LogP) is 2.65. The Morgan fingerprint density at radius 1 is 1.15 bits per heavy atom. The maximum atomic E-state index is 12.7. The third-order valence-corrected chi connectivity index (χ3v) is 4.37. The molecule has 0 bridgehead atoms. The molecule has 2 aromatic rings. The van der Waals surface area contributed by atoms with Gasteiger partial charge in [-0.25, -0.2) is 9.78 Å². The van der Waals surface area contributed by atoms with Crippen LogP contribution in [0.4, 0.5) is 4.79 Å². The lowest BCUT2D eigenvalue weighted by atomic mass is 9.97. The predicted molar refractivity (Wildman–Crippen MR) is 99.1 cm³/mol. The van der Waals surface area contributed by atoms with E-state index in [1.165, 1.54) is 0 Å². The number of oxazole rings is 1. The van der Waals surface area contributed by atoms with Gasteiger partial charge < -0.3 is 19.5 Å². The number of fused-ring (bicyclic) bond motifs is 1. The highest BCUT2D eigenvalue weighted by atomic mass is 16.3. The molecule has 1 aliphatic heterocycles. The fourth-order valence-electron chi connectivity index (χ4n) is 2.92. The standard InChI is InChI=1S/C19H26N4O3/c1-13-21-15-6-5-14(11-16(15)26-13)17(24)22-7-9-23(10-8-22)18(25)20-12-19(2,3)4/h5-6,11H,7-10,12H2,1-4H3,(H,20,25). The van der Waals surface area contributed by atoms with Crippen molar-refractivity contribution in [3.8, 4) is 0 Å². The molecular weight excluding hydrogens is 332 g/mol. The number of rotatable bonds is 2. The molecule has 1 saturated heterocycles. The Bertz CT molecular complexity index is 814. The Balaban J connectivity index is 1.58. The lowest BCUT2D eigenvalue weighted by molar-refractivity contribution is 0.0664. The quantitative estimate of drug-likeness (QED) is 0.895. The number of aryl methyl sites for hydroxylation is 1. The maximum absolute atomic E-state index is 12.7. The number of amides is 3. The van der Waals surface area contributed by atoms with E-state index in [0.717, 1.165) is 5.52 Å². The summed E-state index contributed by atoms with van der Waals surface area (Å²) in [5, 5.41) is 2.95. The summed E-state index contributed by atoms with van der Waals surface area (Å²) in [6.07, 6.45) is 0. The summed E-state index contributed by atoms with van der Waals surface area (Å²) in [4.78, 5) is 32.7. The van der Waals surface area contributed by atoms with Crippen LogP contribution in [0.2, 0.25) is 0 Å². The molecule has 0 spiro atoms. The zero-order valence-corrected chi connectivity index (χ0v) is 15.8. The normalized spacial score (nSPS) is 15.4. The first-order chi connectivity index (χ1) is 12.2. The van der Waals surface area contributed by atoms with Crippen molar-refractivity contribution in [1.29, 1.82) is 0 Å². The van der Waals surface area contributed by atoms with E-state index in [2.05, 4.69) is 31.1 Å². The molecule has 3 rings (SSSR count). The van der Waals surface area contributed by atoms with Crippen molar-refractivity contribution in [1.82, 2.24) is 20.1 Å². The van der Waals surface area contributed by atoms with Crippen LogP contribution in [0.25, 0.3) is 11.1 Å². The van der Waals surface area contributed by atoms with Crippen LogP contribution in [0.5, 0.6) is 0 Å². The molecule has 0 saturated carbocycles. The minimum atomic E-state index is -0.0643. The number of nitrogens with one attached hydrogen (secondary N) is 1.